The fraction of sp³-hybridized carbons (Fsp3) is 0.174. The molecule has 0 N–H and O–H groups in total. The molecule has 0 bridgehead atoms. The first-order valence-electron chi connectivity index (χ1n) is 9.17. The largest absolute Gasteiger partial charge is 0.497 e. The first kappa shape index (κ1) is 20.2. The number of carbonyl (C=O) groups excluding carboxylic acids is 5. The van der Waals surface area contributed by atoms with Crippen LogP contribution in [0.25, 0.3) is 0 Å². The summed E-state index contributed by atoms with van der Waals surface area (Å²) in [7, 11) is 3.43. The molecule has 8 nitrogen and oxygen atoms in total. The van der Waals surface area contributed by atoms with E-state index in [0.29, 0.717) is 0 Å². The minimum Gasteiger partial charge on any atom is -0.497 e. The van der Waals surface area contributed by atoms with Gasteiger partial charge >= 0.3 is 11.9 Å². The van der Waals surface area contributed by atoms with Crippen molar-refractivity contribution < 1.29 is 38.2 Å². The molecule has 0 aromatic heterocycles. The van der Waals surface area contributed by atoms with Crippen molar-refractivity contribution in [3.05, 3.63) is 75.9 Å². The van der Waals surface area contributed by atoms with Gasteiger partial charge in [-0.3, -0.25) is 24.0 Å². The van der Waals surface area contributed by atoms with Crippen molar-refractivity contribution in [1.29, 1.82) is 0 Å². The molecule has 4 rings (SSSR count). The Morgan fingerprint density at radius 2 is 1.29 bits per heavy atom. The maximum Gasteiger partial charge on any atom is 0.332 e. The van der Waals surface area contributed by atoms with Gasteiger partial charge in [-0.2, -0.15) is 0 Å². The first-order chi connectivity index (χ1) is 14.8. The number of hydrogen-bond acceptors (Lipinski definition) is 8. The van der Waals surface area contributed by atoms with Crippen LogP contribution in [-0.4, -0.2) is 50.6 Å². The van der Waals surface area contributed by atoms with Crippen molar-refractivity contribution >= 4 is 29.3 Å². The maximum atomic E-state index is 13.6. The molecule has 2 aromatic rings. The van der Waals surface area contributed by atoms with Gasteiger partial charge in [0, 0.05) is 27.8 Å². The van der Waals surface area contributed by atoms with Gasteiger partial charge in [0.15, 0.2) is 17.3 Å². The van der Waals surface area contributed by atoms with Crippen molar-refractivity contribution in [3.8, 4) is 5.75 Å². The van der Waals surface area contributed by atoms with Crippen LogP contribution in [0.1, 0.15) is 36.6 Å². The highest BCUT2D eigenvalue weighted by atomic mass is 16.5. The van der Waals surface area contributed by atoms with Crippen LogP contribution < -0.4 is 4.74 Å². The van der Waals surface area contributed by atoms with Crippen LogP contribution in [0, 0.1) is 0 Å². The highest BCUT2D eigenvalue weighted by Gasteiger charge is 2.63. The number of Topliss-reactive ketones (excluding diaryl/α,β-unsaturated/α-hetero) is 3. The molecule has 8 heteroatoms. The summed E-state index contributed by atoms with van der Waals surface area (Å²) in [6.45, 7) is 0. The van der Waals surface area contributed by atoms with Crippen molar-refractivity contribution in [2.24, 2.45) is 0 Å². The van der Waals surface area contributed by atoms with Gasteiger partial charge in [0.2, 0.25) is 5.41 Å². The number of rotatable bonds is 3. The molecular weight excluding hydrogens is 404 g/mol. The highest BCUT2D eigenvalue weighted by Crippen LogP contribution is 2.48. The molecule has 31 heavy (non-hydrogen) atoms. The SMILES string of the molecule is COC(=O)C1(C(=O)OC)C2=C(C(=O)c3ccccc3C2=O)C(=O)c2ccc(OC)cc21. The number of ether oxygens (including phenoxy) is 3. The molecule has 2 aliphatic carbocycles. The lowest BCUT2D eigenvalue weighted by atomic mass is 9.61. The number of methoxy groups -OCH3 is 3. The molecule has 0 radical (unpaired) electrons. The van der Waals surface area contributed by atoms with E-state index in [1.54, 1.807) is 6.07 Å². The molecule has 0 saturated heterocycles. The monoisotopic (exact) mass is 420 g/mol. The molecule has 0 unspecified atom stereocenters. The lowest BCUT2D eigenvalue weighted by Crippen LogP contribution is -2.54. The second kappa shape index (κ2) is 7.02. The summed E-state index contributed by atoms with van der Waals surface area (Å²) in [5, 5.41) is 0. The third-order valence-corrected chi connectivity index (χ3v) is 5.58. The lowest BCUT2D eigenvalue weighted by Gasteiger charge is -2.38. The van der Waals surface area contributed by atoms with Gasteiger partial charge in [-0.1, -0.05) is 24.3 Å². The van der Waals surface area contributed by atoms with Crippen LogP contribution in [0.5, 0.6) is 5.75 Å². The van der Waals surface area contributed by atoms with Crippen molar-refractivity contribution in [3.63, 3.8) is 0 Å². The van der Waals surface area contributed by atoms with Gasteiger partial charge in [-0.15, -0.1) is 0 Å². The summed E-state index contributed by atoms with van der Waals surface area (Å²) in [6, 6.07) is 9.97. The molecule has 0 fully saturated rings. The second-order valence-electron chi connectivity index (χ2n) is 6.93. The van der Waals surface area contributed by atoms with Crippen LogP contribution in [0.4, 0.5) is 0 Å². The number of carbonyl (C=O) groups is 5. The predicted molar refractivity (Wildman–Crippen MR) is 105 cm³/mol. The quantitative estimate of drug-likeness (QED) is 0.420. The molecule has 0 heterocycles. The van der Waals surface area contributed by atoms with E-state index in [1.807, 2.05) is 0 Å². The van der Waals surface area contributed by atoms with Gasteiger partial charge < -0.3 is 14.2 Å². The van der Waals surface area contributed by atoms with E-state index in [9.17, 15) is 24.0 Å². The molecule has 0 saturated carbocycles. The average Bonchev–Trinajstić information content (AvgIpc) is 2.81. The normalized spacial score (nSPS) is 16.2. The fourth-order valence-corrected chi connectivity index (χ4v) is 4.19. The number of esters is 2. The molecule has 0 atom stereocenters. The van der Waals surface area contributed by atoms with Crippen LogP contribution in [0.15, 0.2) is 53.6 Å². The first-order valence-corrected chi connectivity index (χ1v) is 9.17. The Morgan fingerprint density at radius 3 is 1.84 bits per heavy atom. The Kier molecular flexibility index (Phi) is 4.57. The third kappa shape index (κ3) is 2.44. The van der Waals surface area contributed by atoms with Crippen LogP contribution in [-0.2, 0) is 24.5 Å². The maximum absolute atomic E-state index is 13.6. The van der Waals surface area contributed by atoms with E-state index in [-0.39, 0.29) is 28.0 Å². The summed E-state index contributed by atoms with van der Waals surface area (Å²) in [5.74, 6) is -4.42. The van der Waals surface area contributed by atoms with Crippen LogP contribution in [0.3, 0.4) is 0 Å². The summed E-state index contributed by atoms with van der Waals surface area (Å²) in [4.78, 5) is 66.6. The number of hydrogen-bond donors (Lipinski definition) is 0. The van der Waals surface area contributed by atoms with Crippen molar-refractivity contribution in [1.82, 2.24) is 0 Å². The van der Waals surface area contributed by atoms with Gasteiger partial charge in [0.25, 0.3) is 0 Å². The summed E-state index contributed by atoms with van der Waals surface area (Å²) in [5.41, 5.74) is -3.84. The Hall–Kier alpha value is -4.07. The van der Waals surface area contributed by atoms with E-state index in [1.165, 1.54) is 43.5 Å². The molecule has 2 aromatic carbocycles. The molecule has 0 aliphatic heterocycles. The van der Waals surface area contributed by atoms with Gasteiger partial charge in [0.05, 0.1) is 26.9 Å². The van der Waals surface area contributed by atoms with Gasteiger partial charge in [-0.25, -0.2) is 0 Å². The van der Waals surface area contributed by atoms with Gasteiger partial charge in [0.1, 0.15) is 5.75 Å². The molecular formula is C23H16O8. The molecule has 2 aliphatic rings. The van der Waals surface area contributed by atoms with Crippen molar-refractivity contribution in [2.45, 2.75) is 5.41 Å². The van der Waals surface area contributed by atoms with E-state index >= 15 is 0 Å². The average molecular weight is 420 g/mol. The molecule has 0 amide bonds. The van der Waals surface area contributed by atoms with E-state index in [4.69, 9.17) is 14.2 Å². The predicted octanol–water partition coefficient (Wildman–Crippen LogP) is 1.85. The fourth-order valence-electron chi connectivity index (χ4n) is 4.19. The zero-order valence-corrected chi connectivity index (χ0v) is 16.8. The molecule has 0 spiro atoms. The van der Waals surface area contributed by atoms with E-state index in [0.717, 1.165) is 14.2 Å². The number of ketones is 3. The van der Waals surface area contributed by atoms with Crippen molar-refractivity contribution in [2.75, 3.05) is 21.3 Å². The minimum atomic E-state index is -2.48. The third-order valence-electron chi connectivity index (χ3n) is 5.58. The number of fused-ring (bicyclic) bond motifs is 2. The second-order valence-corrected chi connectivity index (χ2v) is 6.93. The summed E-state index contributed by atoms with van der Waals surface area (Å²) in [6.07, 6.45) is 0. The topological polar surface area (TPSA) is 113 Å². The van der Waals surface area contributed by atoms with E-state index < -0.39 is 45.8 Å². The van der Waals surface area contributed by atoms with E-state index in [2.05, 4.69) is 0 Å². The Morgan fingerprint density at radius 1 is 0.742 bits per heavy atom. The van der Waals surface area contributed by atoms with Gasteiger partial charge in [-0.05, 0) is 18.2 Å². The molecule has 156 valence electrons. The standard InChI is InChI=1S/C23H16O8/c1-29-11-8-9-14-15(10-11)23(21(27)30-2,22(28)31-3)17-16(19(14)25)18(24)12-6-4-5-7-13(12)20(17)26/h4-10H,1-3H3. The zero-order valence-electron chi connectivity index (χ0n) is 16.8. The lowest BCUT2D eigenvalue weighted by molar-refractivity contribution is -0.159. The smallest absolute Gasteiger partial charge is 0.332 e. The minimum absolute atomic E-state index is 0.0141. The zero-order chi connectivity index (χ0) is 22.5. The van der Waals surface area contributed by atoms with Crippen LogP contribution >= 0.6 is 0 Å². The number of allylic oxidation sites excluding steroid dienone is 1. The summed E-state index contributed by atoms with van der Waals surface area (Å²) >= 11 is 0. The van der Waals surface area contributed by atoms with Crippen LogP contribution in [0.2, 0.25) is 0 Å². The highest BCUT2D eigenvalue weighted by molar-refractivity contribution is 6.44. The Bertz CT molecular complexity index is 1220. The summed E-state index contributed by atoms with van der Waals surface area (Å²) < 4.78 is 15.0. The Balaban J connectivity index is 2.20. The Labute approximate surface area is 176 Å². The number of benzene rings is 2.